The molecule has 0 aliphatic carbocycles. The van der Waals surface area contributed by atoms with E-state index in [0.29, 0.717) is 13.1 Å². The molecule has 5 nitrogen and oxygen atoms in total. The first-order chi connectivity index (χ1) is 11.2. The van der Waals surface area contributed by atoms with Gasteiger partial charge in [0.25, 0.3) is 0 Å². The molecule has 2 rings (SSSR count). The largest absolute Gasteiger partial charge is 0.496 e. The molecule has 6 heteroatoms. The lowest BCUT2D eigenvalue weighted by atomic mass is 9.97. The summed E-state index contributed by atoms with van der Waals surface area (Å²) in [6, 6.07) is 7.78. The molecule has 1 fully saturated rings. The highest BCUT2D eigenvalue weighted by Crippen LogP contribution is 2.17. The number of carbonyl (C=O) groups is 1. The maximum Gasteiger partial charge on any atom is 0.234 e. The molecule has 0 aromatic heterocycles. The van der Waals surface area contributed by atoms with Crippen molar-refractivity contribution >= 4 is 18.3 Å². The van der Waals surface area contributed by atoms with Crippen LogP contribution in [0.5, 0.6) is 5.75 Å². The molecular weight excluding hydrogens is 326 g/mol. The Morgan fingerprint density at radius 1 is 1.29 bits per heavy atom. The number of hydrogen-bond acceptors (Lipinski definition) is 4. The van der Waals surface area contributed by atoms with E-state index in [-0.39, 0.29) is 18.3 Å². The molecule has 1 amide bonds. The van der Waals surface area contributed by atoms with Gasteiger partial charge in [0.2, 0.25) is 5.91 Å². The molecule has 0 saturated carbocycles. The number of ether oxygens (including phenoxy) is 1. The fourth-order valence-corrected chi connectivity index (χ4v) is 3.00. The normalized spacial score (nSPS) is 15.6. The van der Waals surface area contributed by atoms with E-state index in [1.165, 1.54) is 12.8 Å². The molecule has 0 atom stereocenters. The van der Waals surface area contributed by atoms with Crippen LogP contribution in [0.25, 0.3) is 0 Å². The molecule has 24 heavy (non-hydrogen) atoms. The Bertz CT molecular complexity index is 491. The van der Waals surface area contributed by atoms with Crippen LogP contribution < -0.4 is 15.4 Å². The van der Waals surface area contributed by atoms with Crippen LogP contribution in [-0.4, -0.2) is 50.6 Å². The van der Waals surface area contributed by atoms with Crippen molar-refractivity contribution in [2.24, 2.45) is 5.92 Å². The topological polar surface area (TPSA) is 53.6 Å². The van der Waals surface area contributed by atoms with Gasteiger partial charge < -0.3 is 15.4 Å². The molecule has 0 spiro atoms. The third-order valence-corrected chi connectivity index (χ3v) is 4.43. The summed E-state index contributed by atoms with van der Waals surface area (Å²) in [5.41, 5.74) is 1.01. The third kappa shape index (κ3) is 6.67. The van der Waals surface area contributed by atoms with Gasteiger partial charge in [-0.15, -0.1) is 12.4 Å². The zero-order valence-electron chi connectivity index (χ0n) is 14.7. The average Bonchev–Trinajstić information content (AvgIpc) is 2.59. The second kappa shape index (κ2) is 11.3. The van der Waals surface area contributed by atoms with Crippen LogP contribution in [-0.2, 0) is 11.3 Å². The Hall–Kier alpha value is -1.30. The first-order valence-corrected chi connectivity index (χ1v) is 8.54. The molecule has 1 aromatic rings. The van der Waals surface area contributed by atoms with Gasteiger partial charge in [-0.3, -0.25) is 9.69 Å². The Morgan fingerprint density at radius 2 is 2.00 bits per heavy atom. The van der Waals surface area contributed by atoms with Crippen LogP contribution in [0, 0.1) is 5.92 Å². The van der Waals surface area contributed by atoms with Crippen LogP contribution in [0.1, 0.15) is 25.3 Å². The SMILES string of the molecule is CCNCC1CCN(CC(=O)NCc2ccccc2OC)CC1.Cl. The fourth-order valence-electron chi connectivity index (χ4n) is 3.00. The van der Waals surface area contributed by atoms with Crippen molar-refractivity contribution in [3.05, 3.63) is 29.8 Å². The van der Waals surface area contributed by atoms with E-state index >= 15 is 0 Å². The van der Waals surface area contributed by atoms with Gasteiger partial charge in [0.1, 0.15) is 5.75 Å². The highest BCUT2D eigenvalue weighted by molar-refractivity contribution is 5.85. The number of nitrogens with one attached hydrogen (secondary N) is 2. The first-order valence-electron chi connectivity index (χ1n) is 8.54. The number of piperidine rings is 1. The summed E-state index contributed by atoms with van der Waals surface area (Å²) in [6.07, 6.45) is 2.35. The number of halogens is 1. The molecule has 1 saturated heterocycles. The van der Waals surface area contributed by atoms with Gasteiger partial charge in [-0.1, -0.05) is 25.1 Å². The van der Waals surface area contributed by atoms with Crippen molar-refractivity contribution in [3.8, 4) is 5.75 Å². The van der Waals surface area contributed by atoms with Crippen LogP contribution in [0.3, 0.4) is 0 Å². The summed E-state index contributed by atoms with van der Waals surface area (Å²) in [7, 11) is 1.65. The smallest absolute Gasteiger partial charge is 0.234 e. The number of hydrogen-bond donors (Lipinski definition) is 2. The number of carbonyl (C=O) groups excluding carboxylic acids is 1. The van der Waals surface area contributed by atoms with E-state index in [2.05, 4.69) is 22.5 Å². The van der Waals surface area contributed by atoms with E-state index in [1.807, 2.05) is 24.3 Å². The summed E-state index contributed by atoms with van der Waals surface area (Å²) in [5.74, 6) is 1.65. The minimum atomic E-state index is 0. The van der Waals surface area contributed by atoms with Crippen molar-refractivity contribution in [2.75, 3.05) is 39.8 Å². The van der Waals surface area contributed by atoms with Crippen molar-refractivity contribution in [1.29, 1.82) is 0 Å². The lowest BCUT2D eigenvalue weighted by molar-refractivity contribution is -0.122. The van der Waals surface area contributed by atoms with Gasteiger partial charge in [0.05, 0.1) is 13.7 Å². The number of benzene rings is 1. The van der Waals surface area contributed by atoms with Gasteiger partial charge in [-0.2, -0.15) is 0 Å². The molecule has 0 unspecified atom stereocenters. The second-order valence-electron chi connectivity index (χ2n) is 6.12. The molecular formula is C18H30ClN3O2. The summed E-state index contributed by atoms with van der Waals surface area (Å²) < 4.78 is 5.30. The molecule has 1 aromatic carbocycles. The van der Waals surface area contributed by atoms with Crippen molar-refractivity contribution in [3.63, 3.8) is 0 Å². The van der Waals surface area contributed by atoms with E-state index < -0.39 is 0 Å². The van der Waals surface area contributed by atoms with Gasteiger partial charge in [-0.25, -0.2) is 0 Å². The average molecular weight is 356 g/mol. The highest BCUT2D eigenvalue weighted by Gasteiger charge is 2.20. The van der Waals surface area contributed by atoms with Crippen molar-refractivity contribution in [2.45, 2.75) is 26.3 Å². The Kier molecular flexibility index (Phi) is 9.76. The Balaban J connectivity index is 0.00000288. The Labute approximate surface area is 151 Å². The van der Waals surface area contributed by atoms with Crippen LogP contribution in [0.15, 0.2) is 24.3 Å². The van der Waals surface area contributed by atoms with E-state index in [4.69, 9.17) is 4.74 Å². The van der Waals surface area contributed by atoms with Crippen molar-refractivity contribution in [1.82, 2.24) is 15.5 Å². The lowest BCUT2D eigenvalue weighted by Crippen LogP contribution is -2.42. The summed E-state index contributed by atoms with van der Waals surface area (Å²) in [5, 5.41) is 6.41. The zero-order chi connectivity index (χ0) is 16.5. The van der Waals surface area contributed by atoms with Crippen LogP contribution in [0.2, 0.25) is 0 Å². The Morgan fingerprint density at radius 3 is 2.67 bits per heavy atom. The van der Waals surface area contributed by atoms with E-state index in [1.54, 1.807) is 7.11 Å². The molecule has 0 bridgehead atoms. The molecule has 0 radical (unpaired) electrons. The number of nitrogens with zero attached hydrogens (tertiary/aromatic N) is 1. The number of methoxy groups -OCH3 is 1. The zero-order valence-corrected chi connectivity index (χ0v) is 15.5. The summed E-state index contributed by atoms with van der Waals surface area (Å²) >= 11 is 0. The summed E-state index contributed by atoms with van der Waals surface area (Å²) in [6.45, 7) is 7.30. The molecule has 1 aliphatic heterocycles. The maximum absolute atomic E-state index is 12.1. The molecule has 1 heterocycles. The third-order valence-electron chi connectivity index (χ3n) is 4.43. The fraction of sp³-hybridized carbons (Fsp3) is 0.611. The van der Waals surface area contributed by atoms with Gasteiger partial charge >= 0.3 is 0 Å². The first kappa shape index (κ1) is 20.7. The van der Waals surface area contributed by atoms with E-state index in [0.717, 1.165) is 43.4 Å². The minimum absolute atomic E-state index is 0. The molecule has 1 aliphatic rings. The predicted octanol–water partition coefficient (Wildman–Crippen LogP) is 2.05. The second-order valence-corrected chi connectivity index (χ2v) is 6.12. The molecule has 136 valence electrons. The highest BCUT2D eigenvalue weighted by atomic mass is 35.5. The quantitative estimate of drug-likeness (QED) is 0.749. The predicted molar refractivity (Wildman–Crippen MR) is 99.8 cm³/mol. The number of likely N-dealkylation sites (tertiary alicyclic amines) is 1. The van der Waals surface area contributed by atoms with Crippen LogP contribution >= 0.6 is 12.4 Å². The van der Waals surface area contributed by atoms with Crippen LogP contribution in [0.4, 0.5) is 0 Å². The van der Waals surface area contributed by atoms with Gasteiger partial charge in [0, 0.05) is 12.1 Å². The summed E-state index contributed by atoms with van der Waals surface area (Å²) in [4.78, 5) is 14.4. The van der Waals surface area contributed by atoms with E-state index in [9.17, 15) is 4.79 Å². The van der Waals surface area contributed by atoms with Gasteiger partial charge in [0.15, 0.2) is 0 Å². The standard InChI is InChI=1S/C18H29N3O2.ClH/c1-3-19-12-15-8-10-21(11-9-15)14-18(22)20-13-16-6-4-5-7-17(16)23-2;/h4-7,15,19H,3,8-14H2,1-2H3,(H,20,22);1H. The number of para-hydroxylation sites is 1. The maximum atomic E-state index is 12.1. The minimum Gasteiger partial charge on any atom is -0.496 e. The number of amides is 1. The molecule has 2 N–H and O–H groups in total. The number of rotatable bonds is 8. The van der Waals surface area contributed by atoms with Crippen molar-refractivity contribution < 1.29 is 9.53 Å². The lowest BCUT2D eigenvalue weighted by Gasteiger charge is -2.31. The van der Waals surface area contributed by atoms with Gasteiger partial charge in [-0.05, 0) is 51.0 Å². The monoisotopic (exact) mass is 355 g/mol.